The Morgan fingerprint density at radius 3 is 2.00 bits per heavy atom. The molecular weight excluding hydrogens is 144 g/mol. The van der Waals surface area contributed by atoms with Crippen LogP contribution in [0.3, 0.4) is 0 Å². The highest BCUT2D eigenvalue weighted by molar-refractivity contribution is 5.37. The molecule has 0 aromatic heterocycles. The molecular formula is C8H16O3. The predicted octanol–water partition coefficient (Wildman–Crippen LogP) is 1.39. The molecule has 0 radical (unpaired) electrons. The summed E-state index contributed by atoms with van der Waals surface area (Å²) in [5.74, 6) is 0. The van der Waals surface area contributed by atoms with Crippen LogP contribution in [-0.4, -0.2) is 26.3 Å². The third kappa shape index (κ3) is 27.1. The summed E-state index contributed by atoms with van der Waals surface area (Å²) in [6, 6.07) is 0. The van der Waals surface area contributed by atoms with E-state index >= 15 is 0 Å². The van der Waals surface area contributed by atoms with Crippen molar-refractivity contribution in [3.8, 4) is 0 Å². The van der Waals surface area contributed by atoms with Crippen molar-refractivity contribution >= 4 is 6.47 Å². The molecule has 3 heteroatoms. The molecule has 0 saturated carbocycles. The second-order valence-corrected chi connectivity index (χ2v) is 1.50. The zero-order chi connectivity index (χ0) is 8.95. The highest BCUT2D eigenvalue weighted by Gasteiger charge is 1.65. The van der Waals surface area contributed by atoms with E-state index in [2.05, 4.69) is 11.3 Å². The molecule has 11 heavy (non-hydrogen) atoms. The average Bonchev–Trinajstić information content (AvgIpc) is 2.04. The maximum absolute atomic E-state index is 9.29. The van der Waals surface area contributed by atoms with Crippen molar-refractivity contribution in [2.24, 2.45) is 0 Å². The normalized spacial score (nSPS) is 7.45. The Morgan fingerprint density at radius 1 is 1.36 bits per heavy atom. The zero-order valence-corrected chi connectivity index (χ0v) is 7.21. The number of ether oxygens (including phenoxy) is 2. The van der Waals surface area contributed by atoms with Crippen LogP contribution in [0, 0.1) is 0 Å². The van der Waals surface area contributed by atoms with E-state index in [1.807, 2.05) is 13.8 Å². The molecule has 0 aromatic carbocycles. The van der Waals surface area contributed by atoms with Crippen molar-refractivity contribution in [3.05, 3.63) is 12.7 Å². The molecule has 0 rings (SSSR count). The average molecular weight is 160 g/mol. The second kappa shape index (κ2) is 16.1. The van der Waals surface area contributed by atoms with Gasteiger partial charge in [0.1, 0.15) is 6.61 Å². The fourth-order valence-corrected chi connectivity index (χ4v) is 0.311. The van der Waals surface area contributed by atoms with Crippen molar-refractivity contribution < 1.29 is 14.3 Å². The van der Waals surface area contributed by atoms with Crippen molar-refractivity contribution in [2.45, 2.75) is 13.8 Å². The third-order valence-corrected chi connectivity index (χ3v) is 0.690. The fraction of sp³-hybridized carbons (Fsp3) is 0.625. The van der Waals surface area contributed by atoms with E-state index in [0.29, 0.717) is 13.1 Å². The van der Waals surface area contributed by atoms with E-state index in [4.69, 9.17) is 4.74 Å². The molecule has 66 valence electrons. The SMILES string of the molecule is C=CCOC=O.CCOCC. The van der Waals surface area contributed by atoms with Gasteiger partial charge < -0.3 is 9.47 Å². The quantitative estimate of drug-likeness (QED) is 0.346. The minimum atomic E-state index is 0.309. The number of carbonyl (C=O) groups excluding carboxylic acids is 1. The lowest BCUT2D eigenvalue weighted by Crippen LogP contribution is -1.84. The molecule has 0 unspecified atom stereocenters. The molecule has 0 aliphatic carbocycles. The van der Waals surface area contributed by atoms with Crippen LogP contribution in [0.25, 0.3) is 0 Å². The highest BCUT2D eigenvalue weighted by atomic mass is 16.5. The van der Waals surface area contributed by atoms with Crippen molar-refractivity contribution in [3.63, 3.8) is 0 Å². The lowest BCUT2D eigenvalue weighted by molar-refractivity contribution is -0.127. The Morgan fingerprint density at radius 2 is 1.91 bits per heavy atom. The predicted molar refractivity (Wildman–Crippen MR) is 44.4 cm³/mol. The Kier molecular flexibility index (Phi) is 18.7. The maximum atomic E-state index is 9.29. The van der Waals surface area contributed by atoms with Crippen molar-refractivity contribution in [2.75, 3.05) is 19.8 Å². The van der Waals surface area contributed by atoms with Crippen LogP contribution in [0.1, 0.15) is 13.8 Å². The maximum Gasteiger partial charge on any atom is 0.293 e. The van der Waals surface area contributed by atoms with E-state index in [1.54, 1.807) is 0 Å². The molecule has 0 atom stereocenters. The van der Waals surface area contributed by atoms with Crippen LogP contribution in [-0.2, 0) is 14.3 Å². The van der Waals surface area contributed by atoms with Crippen LogP contribution in [0.15, 0.2) is 12.7 Å². The summed E-state index contributed by atoms with van der Waals surface area (Å²) in [6.45, 7) is 9.68. The van der Waals surface area contributed by atoms with E-state index in [9.17, 15) is 4.79 Å². The largest absolute Gasteiger partial charge is 0.464 e. The van der Waals surface area contributed by atoms with Gasteiger partial charge in [0.15, 0.2) is 0 Å². The van der Waals surface area contributed by atoms with Gasteiger partial charge in [-0.15, -0.1) is 0 Å². The summed E-state index contributed by atoms with van der Waals surface area (Å²) in [4.78, 5) is 9.29. The molecule has 0 aromatic rings. The highest BCUT2D eigenvalue weighted by Crippen LogP contribution is 1.64. The van der Waals surface area contributed by atoms with Crippen molar-refractivity contribution in [1.29, 1.82) is 0 Å². The molecule has 0 aliphatic rings. The van der Waals surface area contributed by atoms with Gasteiger partial charge in [0.05, 0.1) is 0 Å². The van der Waals surface area contributed by atoms with Crippen molar-refractivity contribution in [1.82, 2.24) is 0 Å². The first-order valence-corrected chi connectivity index (χ1v) is 3.57. The first-order chi connectivity index (χ1) is 5.33. The number of hydrogen-bond acceptors (Lipinski definition) is 3. The fourth-order valence-electron chi connectivity index (χ4n) is 0.311. The molecule has 0 fully saturated rings. The Balaban J connectivity index is 0. The monoisotopic (exact) mass is 160 g/mol. The van der Waals surface area contributed by atoms with Gasteiger partial charge in [-0.25, -0.2) is 0 Å². The topological polar surface area (TPSA) is 35.5 Å². The van der Waals surface area contributed by atoms with Gasteiger partial charge in [0, 0.05) is 13.2 Å². The summed E-state index contributed by atoms with van der Waals surface area (Å²) >= 11 is 0. The van der Waals surface area contributed by atoms with Gasteiger partial charge >= 0.3 is 0 Å². The number of hydrogen-bond donors (Lipinski definition) is 0. The molecule has 0 spiro atoms. The minimum Gasteiger partial charge on any atom is -0.464 e. The molecule has 0 amide bonds. The molecule has 0 bridgehead atoms. The summed E-state index contributed by atoms with van der Waals surface area (Å²) in [5, 5.41) is 0. The first-order valence-electron chi connectivity index (χ1n) is 3.57. The molecule has 0 aliphatic heterocycles. The van der Waals surface area contributed by atoms with Gasteiger partial charge in [-0.1, -0.05) is 12.7 Å². The van der Waals surface area contributed by atoms with Gasteiger partial charge in [0.25, 0.3) is 6.47 Å². The Labute approximate surface area is 68.0 Å². The van der Waals surface area contributed by atoms with Crippen LogP contribution in [0.5, 0.6) is 0 Å². The number of carbonyl (C=O) groups is 1. The molecule has 3 nitrogen and oxygen atoms in total. The van der Waals surface area contributed by atoms with Crippen LogP contribution >= 0.6 is 0 Å². The van der Waals surface area contributed by atoms with Gasteiger partial charge in [0.2, 0.25) is 0 Å². The van der Waals surface area contributed by atoms with Crippen LogP contribution < -0.4 is 0 Å². The van der Waals surface area contributed by atoms with E-state index in [1.165, 1.54) is 6.08 Å². The number of rotatable bonds is 5. The van der Waals surface area contributed by atoms with Gasteiger partial charge in [-0.2, -0.15) is 0 Å². The van der Waals surface area contributed by atoms with Crippen LogP contribution in [0.2, 0.25) is 0 Å². The van der Waals surface area contributed by atoms with E-state index in [-0.39, 0.29) is 0 Å². The first kappa shape index (κ1) is 12.8. The smallest absolute Gasteiger partial charge is 0.293 e. The molecule has 0 heterocycles. The van der Waals surface area contributed by atoms with Gasteiger partial charge in [-0.05, 0) is 13.8 Å². The standard InChI is InChI=1S/C4H6O2.C4H10O/c1-2-3-6-4-5;1-3-5-4-2/h2,4H,1,3H2;3-4H2,1-2H3. The van der Waals surface area contributed by atoms with Gasteiger partial charge in [-0.3, -0.25) is 4.79 Å². The summed E-state index contributed by atoms with van der Waals surface area (Å²) in [5.41, 5.74) is 0. The summed E-state index contributed by atoms with van der Waals surface area (Å²) in [7, 11) is 0. The lowest BCUT2D eigenvalue weighted by atomic mass is 10.7. The van der Waals surface area contributed by atoms with E-state index < -0.39 is 0 Å². The van der Waals surface area contributed by atoms with E-state index in [0.717, 1.165) is 13.2 Å². The summed E-state index contributed by atoms with van der Waals surface area (Å²) in [6.07, 6.45) is 1.51. The molecule has 0 saturated heterocycles. The lowest BCUT2D eigenvalue weighted by Gasteiger charge is -1.86. The zero-order valence-electron chi connectivity index (χ0n) is 7.21. The Hall–Kier alpha value is -0.830. The Bertz CT molecular complexity index is 71.4. The second-order valence-electron chi connectivity index (χ2n) is 1.50. The molecule has 0 N–H and O–H groups in total. The third-order valence-electron chi connectivity index (χ3n) is 0.690. The minimum absolute atomic E-state index is 0.309. The van der Waals surface area contributed by atoms with Crippen LogP contribution in [0.4, 0.5) is 0 Å². The summed E-state index contributed by atoms with van der Waals surface area (Å²) < 4.78 is 9.02.